The number of halogens is 1. The SMILES string of the molecule is O=C(NCc1oc2ccc(Cl)cc2c1-c1ccccc1)NC1CCNC1=O. The molecule has 1 fully saturated rings. The smallest absolute Gasteiger partial charge is 0.315 e. The summed E-state index contributed by atoms with van der Waals surface area (Å²) < 4.78 is 5.97. The van der Waals surface area contributed by atoms with Crippen molar-refractivity contribution in [1.82, 2.24) is 16.0 Å². The molecule has 138 valence electrons. The summed E-state index contributed by atoms with van der Waals surface area (Å²) >= 11 is 6.16. The molecule has 1 atom stereocenters. The zero-order valence-electron chi connectivity index (χ0n) is 14.4. The van der Waals surface area contributed by atoms with E-state index in [1.807, 2.05) is 42.5 Å². The first kappa shape index (κ1) is 17.4. The molecule has 27 heavy (non-hydrogen) atoms. The number of carbonyl (C=O) groups is 2. The summed E-state index contributed by atoms with van der Waals surface area (Å²) in [7, 11) is 0. The number of hydrogen-bond donors (Lipinski definition) is 3. The Labute approximate surface area is 160 Å². The van der Waals surface area contributed by atoms with Gasteiger partial charge in [-0.3, -0.25) is 4.79 Å². The minimum atomic E-state index is -0.493. The predicted octanol–water partition coefficient (Wildman–Crippen LogP) is 3.44. The van der Waals surface area contributed by atoms with Gasteiger partial charge in [0, 0.05) is 22.5 Å². The Morgan fingerprint density at radius 3 is 2.78 bits per heavy atom. The molecule has 1 aliphatic rings. The van der Waals surface area contributed by atoms with Gasteiger partial charge in [-0.25, -0.2) is 4.79 Å². The summed E-state index contributed by atoms with van der Waals surface area (Å²) in [6.07, 6.45) is 0.588. The van der Waals surface area contributed by atoms with E-state index < -0.39 is 12.1 Å². The quantitative estimate of drug-likeness (QED) is 0.645. The lowest BCUT2D eigenvalue weighted by molar-refractivity contribution is -0.120. The maximum atomic E-state index is 12.2. The second kappa shape index (κ2) is 7.32. The van der Waals surface area contributed by atoms with Crippen LogP contribution in [-0.4, -0.2) is 24.5 Å². The van der Waals surface area contributed by atoms with Gasteiger partial charge in [0.15, 0.2) is 0 Å². The summed E-state index contributed by atoms with van der Waals surface area (Å²) in [6, 6.07) is 14.3. The van der Waals surface area contributed by atoms with Crippen LogP contribution >= 0.6 is 11.6 Å². The molecule has 1 aromatic heterocycles. The standard InChI is InChI=1S/C20H18ClN3O3/c21-13-6-7-16-14(10-13)18(12-4-2-1-3-5-12)17(27-16)11-23-20(26)24-15-8-9-22-19(15)25/h1-7,10,15H,8-9,11H2,(H,22,25)(H2,23,24,26). The number of nitrogens with one attached hydrogen (secondary N) is 3. The van der Waals surface area contributed by atoms with Crippen LogP contribution in [-0.2, 0) is 11.3 Å². The van der Waals surface area contributed by atoms with Crippen LogP contribution < -0.4 is 16.0 Å². The summed E-state index contributed by atoms with van der Waals surface area (Å²) in [6.45, 7) is 0.767. The fourth-order valence-corrected chi connectivity index (χ4v) is 3.44. The first-order chi connectivity index (χ1) is 13.1. The van der Waals surface area contributed by atoms with Crippen molar-refractivity contribution >= 4 is 34.5 Å². The van der Waals surface area contributed by atoms with Crippen LogP contribution in [0.25, 0.3) is 22.1 Å². The Kier molecular flexibility index (Phi) is 4.73. The second-order valence-electron chi connectivity index (χ2n) is 6.37. The zero-order valence-corrected chi connectivity index (χ0v) is 15.2. The molecule has 2 aromatic carbocycles. The average molecular weight is 384 g/mol. The third-order valence-corrected chi connectivity index (χ3v) is 4.78. The third-order valence-electron chi connectivity index (χ3n) is 4.55. The fraction of sp³-hybridized carbons (Fsp3) is 0.200. The molecule has 1 unspecified atom stereocenters. The molecular weight excluding hydrogens is 366 g/mol. The van der Waals surface area contributed by atoms with Crippen molar-refractivity contribution in [1.29, 1.82) is 0 Å². The minimum absolute atomic E-state index is 0.159. The molecular formula is C20H18ClN3O3. The van der Waals surface area contributed by atoms with Crippen molar-refractivity contribution in [3.63, 3.8) is 0 Å². The third kappa shape index (κ3) is 3.61. The van der Waals surface area contributed by atoms with Gasteiger partial charge in [-0.2, -0.15) is 0 Å². The highest BCUT2D eigenvalue weighted by Crippen LogP contribution is 2.36. The van der Waals surface area contributed by atoms with E-state index in [0.717, 1.165) is 16.5 Å². The Balaban J connectivity index is 1.59. The van der Waals surface area contributed by atoms with Crippen LogP contribution in [0.1, 0.15) is 12.2 Å². The van der Waals surface area contributed by atoms with E-state index in [-0.39, 0.29) is 12.5 Å². The molecule has 0 spiro atoms. The molecule has 1 saturated heterocycles. The Morgan fingerprint density at radius 2 is 2.04 bits per heavy atom. The zero-order chi connectivity index (χ0) is 18.8. The van der Waals surface area contributed by atoms with Gasteiger partial charge in [-0.15, -0.1) is 0 Å². The summed E-state index contributed by atoms with van der Waals surface area (Å²) in [4.78, 5) is 23.8. The number of amides is 3. The normalized spacial score (nSPS) is 16.3. The highest BCUT2D eigenvalue weighted by Gasteiger charge is 2.25. The van der Waals surface area contributed by atoms with E-state index in [4.69, 9.17) is 16.0 Å². The average Bonchev–Trinajstić information content (AvgIpc) is 3.23. The van der Waals surface area contributed by atoms with Crippen LogP contribution in [0.15, 0.2) is 52.9 Å². The van der Waals surface area contributed by atoms with E-state index in [0.29, 0.717) is 29.3 Å². The Morgan fingerprint density at radius 1 is 1.22 bits per heavy atom. The van der Waals surface area contributed by atoms with Gasteiger partial charge in [0.05, 0.1) is 6.54 Å². The van der Waals surface area contributed by atoms with E-state index in [1.54, 1.807) is 6.07 Å². The van der Waals surface area contributed by atoms with Crippen molar-refractivity contribution in [2.75, 3.05) is 6.54 Å². The number of carbonyl (C=O) groups excluding carboxylic acids is 2. The lowest BCUT2D eigenvalue weighted by Gasteiger charge is -2.11. The highest BCUT2D eigenvalue weighted by atomic mass is 35.5. The van der Waals surface area contributed by atoms with Crippen molar-refractivity contribution in [2.24, 2.45) is 0 Å². The maximum Gasteiger partial charge on any atom is 0.315 e. The first-order valence-corrected chi connectivity index (χ1v) is 9.08. The number of rotatable bonds is 4. The Bertz CT molecular complexity index is 1000. The van der Waals surface area contributed by atoms with Gasteiger partial charge in [0.25, 0.3) is 0 Å². The van der Waals surface area contributed by atoms with Gasteiger partial charge < -0.3 is 20.4 Å². The van der Waals surface area contributed by atoms with Crippen LogP contribution in [0, 0.1) is 0 Å². The molecule has 0 aliphatic carbocycles. The molecule has 3 aromatic rings. The lowest BCUT2D eigenvalue weighted by Crippen LogP contribution is -2.45. The fourth-order valence-electron chi connectivity index (χ4n) is 3.27. The molecule has 0 radical (unpaired) electrons. The topological polar surface area (TPSA) is 83.4 Å². The largest absolute Gasteiger partial charge is 0.459 e. The van der Waals surface area contributed by atoms with Gasteiger partial charge in [-0.1, -0.05) is 41.9 Å². The van der Waals surface area contributed by atoms with Crippen LogP contribution in [0.4, 0.5) is 4.79 Å². The molecule has 0 saturated carbocycles. The van der Waals surface area contributed by atoms with Gasteiger partial charge in [-0.05, 0) is 30.2 Å². The molecule has 2 heterocycles. The van der Waals surface area contributed by atoms with E-state index in [2.05, 4.69) is 16.0 Å². The summed E-state index contributed by atoms with van der Waals surface area (Å²) in [5, 5.41) is 9.65. The van der Waals surface area contributed by atoms with Gasteiger partial charge >= 0.3 is 6.03 Å². The van der Waals surface area contributed by atoms with Crippen LogP contribution in [0.2, 0.25) is 5.02 Å². The highest BCUT2D eigenvalue weighted by molar-refractivity contribution is 6.31. The number of fused-ring (bicyclic) bond motifs is 1. The number of hydrogen-bond acceptors (Lipinski definition) is 3. The summed E-state index contributed by atoms with van der Waals surface area (Å²) in [5.41, 5.74) is 2.57. The first-order valence-electron chi connectivity index (χ1n) is 8.70. The van der Waals surface area contributed by atoms with Crippen molar-refractivity contribution in [2.45, 2.75) is 19.0 Å². The molecule has 3 amide bonds. The maximum absolute atomic E-state index is 12.2. The summed E-state index contributed by atoms with van der Waals surface area (Å²) in [5.74, 6) is 0.470. The Hall–Kier alpha value is -2.99. The molecule has 0 bridgehead atoms. The monoisotopic (exact) mass is 383 g/mol. The minimum Gasteiger partial charge on any atom is -0.459 e. The molecule has 4 rings (SSSR count). The number of furan rings is 1. The van der Waals surface area contributed by atoms with Crippen LogP contribution in [0.3, 0.4) is 0 Å². The molecule has 3 N–H and O–H groups in total. The molecule has 6 nitrogen and oxygen atoms in total. The second-order valence-corrected chi connectivity index (χ2v) is 6.80. The van der Waals surface area contributed by atoms with E-state index >= 15 is 0 Å². The van der Waals surface area contributed by atoms with E-state index in [1.165, 1.54) is 0 Å². The molecule has 7 heteroatoms. The number of benzene rings is 2. The van der Waals surface area contributed by atoms with Gasteiger partial charge in [0.1, 0.15) is 17.4 Å². The van der Waals surface area contributed by atoms with Crippen molar-refractivity contribution in [3.8, 4) is 11.1 Å². The van der Waals surface area contributed by atoms with Gasteiger partial charge in [0.2, 0.25) is 5.91 Å². The van der Waals surface area contributed by atoms with Crippen molar-refractivity contribution < 1.29 is 14.0 Å². The molecule has 1 aliphatic heterocycles. The van der Waals surface area contributed by atoms with E-state index in [9.17, 15) is 9.59 Å². The predicted molar refractivity (Wildman–Crippen MR) is 103 cm³/mol. The van der Waals surface area contributed by atoms with Crippen molar-refractivity contribution in [3.05, 3.63) is 59.3 Å². The van der Waals surface area contributed by atoms with Crippen LogP contribution in [0.5, 0.6) is 0 Å². The lowest BCUT2D eigenvalue weighted by atomic mass is 10.0. The number of urea groups is 1.